The number of carbonyl (C=O) groups is 1. The quantitative estimate of drug-likeness (QED) is 0.619. The first-order valence-electron chi connectivity index (χ1n) is 8.28. The lowest BCUT2D eigenvalue weighted by molar-refractivity contribution is 0.194. The minimum Gasteiger partial charge on any atom is -0.479 e. The van der Waals surface area contributed by atoms with Crippen molar-refractivity contribution >= 4 is 15.9 Å². The second kappa shape index (κ2) is 8.09. The largest absolute Gasteiger partial charge is 0.479 e. The number of hydrogen-bond donors (Lipinski definition) is 2. The van der Waals surface area contributed by atoms with Gasteiger partial charge in [0.2, 0.25) is 15.7 Å². The lowest BCUT2D eigenvalue weighted by atomic mass is 10.3. The number of rotatable bonds is 7. The molecule has 2 heterocycles. The van der Waals surface area contributed by atoms with Gasteiger partial charge in [0.25, 0.3) is 0 Å². The molecule has 0 saturated carbocycles. The first-order chi connectivity index (χ1) is 13.4. The van der Waals surface area contributed by atoms with Gasteiger partial charge in [-0.2, -0.15) is 5.10 Å². The fourth-order valence-electron chi connectivity index (χ4n) is 2.62. The molecule has 0 bridgehead atoms. The molecule has 0 radical (unpaired) electrons. The van der Waals surface area contributed by atoms with E-state index >= 15 is 0 Å². The molecule has 0 atom stereocenters. The van der Waals surface area contributed by atoms with Gasteiger partial charge in [0.05, 0.1) is 17.7 Å². The van der Waals surface area contributed by atoms with Crippen molar-refractivity contribution in [2.45, 2.75) is 16.3 Å². The summed E-state index contributed by atoms with van der Waals surface area (Å²) in [5.74, 6) is 0.213. The Morgan fingerprint density at radius 3 is 2.64 bits per heavy atom. The molecule has 146 valence electrons. The lowest BCUT2D eigenvalue weighted by Crippen LogP contribution is -2.23. The lowest BCUT2D eigenvalue weighted by Gasteiger charge is -2.11. The number of carboxylic acid groups (broad SMARTS) is 1. The van der Waals surface area contributed by atoms with E-state index in [9.17, 15) is 13.2 Å². The highest BCUT2D eigenvalue weighted by Crippen LogP contribution is 2.27. The minimum absolute atomic E-state index is 0.0599. The Morgan fingerprint density at radius 2 is 1.96 bits per heavy atom. The molecule has 0 spiro atoms. The maximum atomic E-state index is 13.2. The van der Waals surface area contributed by atoms with E-state index in [1.807, 2.05) is 0 Å². The number of ether oxygens (including phenoxy) is 1. The molecule has 0 aliphatic heterocycles. The summed E-state index contributed by atoms with van der Waals surface area (Å²) >= 11 is 0. The Hall–Kier alpha value is -3.40. The number of nitrogens with one attached hydrogen (secondary N) is 1. The fourth-order valence-corrected chi connectivity index (χ4v) is 4.03. The molecule has 3 aromatic rings. The Labute approximate surface area is 161 Å². The van der Waals surface area contributed by atoms with Crippen molar-refractivity contribution in [3.05, 3.63) is 60.4 Å². The van der Waals surface area contributed by atoms with Gasteiger partial charge < -0.3 is 15.2 Å². The zero-order valence-electron chi connectivity index (χ0n) is 14.9. The van der Waals surface area contributed by atoms with Crippen LogP contribution in [0.3, 0.4) is 0 Å². The molecule has 0 saturated heterocycles. The standard InChI is InChI=1S/C18H18N4O5S/c1-27-17-15(8-5-10-19-17)22-16(12-13(21-22)9-11-20-18(23)24)28(25,26)14-6-3-2-4-7-14/h2-8,10,12,20H,9,11H2,1H3,(H,23,24). The van der Waals surface area contributed by atoms with E-state index in [1.165, 1.54) is 36.2 Å². The first-order valence-corrected chi connectivity index (χ1v) is 9.77. The van der Waals surface area contributed by atoms with Crippen LogP contribution in [0.25, 0.3) is 5.69 Å². The summed E-state index contributed by atoms with van der Waals surface area (Å²) in [6, 6.07) is 12.7. The van der Waals surface area contributed by atoms with Gasteiger partial charge in [-0.1, -0.05) is 18.2 Å². The highest BCUT2D eigenvalue weighted by Gasteiger charge is 2.26. The van der Waals surface area contributed by atoms with E-state index in [0.29, 0.717) is 11.4 Å². The topological polar surface area (TPSA) is 123 Å². The molecule has 2 N–H and O–H groups in total. The molecular formula is C18H18N4O5S. The van der Waals surface area contributed by atoms with Crippen LogP contribution in [-0.4, -0.2) is 48.0 Å². The molecule has 2 aromatic heterocycles. The third kappa shape index (κ3) is 3.96. The van der Waals surface area contributed by atoms with Crippen LogP contribution in [0.2, 0.25) is 0 Å². The number of pyridine rings is 1. The van der Waals surface area contributed by atoms with Crippen molar-refractivity contribution in [2.24, 2.45) is 0 Å². The SMILES string of the molecule is COc1ncccc1-n1nc(CCNC(=O)O)cc1S(=O)(=O)c1ccccc1. The molecule has 0 aliphatic rings. The van der Waals surface area contributed by atoms with Crippen molar-refractivity contribution in [2.75, 3.05) is 13.7 Å². The van der Waals surface area contributed by atoms with Crippen LogP contribution in [0.1, 0.15) is 5.69 Å². The van der Waals surface area contributed by atoms with E-state index in [1.54, 1.807) is 30.3 Å². The average Bonchev–Trinajstić information content (AvgIpc) is 3.13. The van der Waals surface area contributed by atoms with Gasteiger partial charge in [-0.25, -0.2) is 22.9 Å². The third-order valence-corrected chi connectivity index (χ3v) is 5.62. The normalized spacial score (nSPS) is 11.2. The van der Waals surface area contributed by atoms with Gasteiger partial charge in [0.1, 0.15) is 5.69 Å². The van der Waals surface area contributed by atoms with Crippen molar-refractivity contribution in [1.29, 1.82) is 0 Å². The zero-order chi connectivity index (χ0) is 20.1. The zero-order valence-corrected chi connectivity index (χ0v) is 15.8. The van der Waals surface area contributed by atoms with E-state index in [2.05, 4.69) is 15.4 Å². The predicted octanol–water partition coefficient (Wildman–Crippen LogP) is 1.92. The molecule has 1 aromatic carbocycles. The Balaban J connectivity index is 2.12. The monoisotopic (exact) mass is 402 g/mol. The van der Waals surface area contributed by atoms with Gasteiger partial charge in [-0.05, 0) is 30.3 Å². The summed E-state index contributed by atoms with van der Waals surface area (Å²) in [6.07, 6.45) is 0.583. The molecular weight excluding hydrogens is 384 g/mol. The summed E-state index contributed by atoms with van der Waals surface area (Å²) in [4.78, 5) is 14.9. The molecule has 28 heavy (non-hydrogen) atoms. The predicted molar refractivity (Wildman–Crippen MR) is 99.5 cm³/mol. The van der Waals surface area contributed by atoms with Crippen molar-refractivity contribution in [1.82, 2.24) is 20.1 Å². The van der Waals surface area contributed by atoms with Gasteiger partial charge in [0, 0.05) is 19.2 Å². The number of nitrogens with zero attached hydrogens (tertiary/aromatic N) is 3. The average molecular weight is 402 g/mol. The van der Waals surface area contributed by atoms with Crippen LogP contribution in [-0.2, 0) is 16.3 Å². The van der Waals surface area contributed by atoms with Crippen LogP contribution in [0.5, 0.6) is 5.88 Å². The highest BCUT2D eigenvalue weighted by molar-refractivity contribution is 7.91. The fraction of sp³-hybridized carbons (Fsp3) is 0.167. The molecule has 0 fully saturated rings. The van der Waals surface area contributed by atoms with Gasteiger partial charge in [0.15, 0.2) is 5.03 Å². The second-order valence-electron chi connectivity index (χ2n) is 5.72. The highest BCUT2D eigenvalue weighted by atomic mass is 32.2. The number of benzene rings is 1. The van der Waals surface area contributed by atoms with Crippen LogP contribution >= 0.6 is 0 Å². The van der Waals surface area contributed by atoms with Gasteiger partial charge in [-0.3, -0.25) is 0 Å². The maximum absolute atomic E-state index is 13.2. The van der Waals surface area contributed by atoms with Crippen LogP contribution < -0.4 is 10.1 Å². The first kappa shape index (κ1) is 19.4. The number of sulfone groups is 1. The molecule has 0 aliphatic carbocycles. The Morgan fingerprint density at radius 1 is 1.21 bits per heavy atom. The third-order valence-electron chi connectivity index (χ3n) is 3.89. The minimum atomic E-state index is -3.88. The summed E-state index contributed by atoms with van der Waals surface area (Å²) < 4.78 is 32.9. The van der Waals surface area contributed by atoms with Gasteiger partial charge in [-0.15, -0.1) is 0 Å². The molecule has 1 amide bonds. The van der Waals surface area contributed by atoms with Crippen LogP contribution in [0.4, 0.5) is 4.79 Å². The van der Waals surface area contributed by atoms with Crippen molar-refractivity contribution in [3.63, 3.8) is 0 Å². The second-order valence-corrected chi connectivity index (χ2v) is 7.61. The van der Waals surface area contributed by atoms with Crippen molar-refractivity contribution < 1.29 is 23.1 Å². The van der Waals surface area contributed by atoms with Crippen LogP contribution in [0.15, 0.2) is 64.6 Å². The summed E-state index contributed by atoms with van der Waals surface area (Å²) in [7, 11) is -2.45. The van der Waals surface area contributed by atoms with E-state index in [-0.39, 0.29) is 28.8 Å². The van der Waals surface area contributed by atoms with E-state index < -0.39 is 15.9 Å². The number of amides is 1. The summed E-state index contributed by atoms with van der Waals surface area (Å²) in [5, 5.41) is 15.3. The molecule has 9 nitrogen and oxygen atoms in total. The summed E-state index contributed by atoms with van der Waals surface area (Å²) in [5.41, 5.74) is 0.770. The number of aromatic nitrogens is 3. The number of methoxy groups -OCH3 is 1. The van der Waals surface area contributed by atoms with E-state index in [0.717, 1.165) is 0 Å². The molecule has 3 rings (SSSR count). The molecule has 10 heteroatoms. The van der Waals surface area contributed by atoms with Gasteiger partial charge >= 0.3 is 6.09 Å². The smallest absolute Gasteiger partial charge is 0.404 e. The molecule has 0 unspecified atom stereocenters. The van der Waals surface area contributed by atoms with Crippen LogP contribution in [0, 0.1) is 0 Å². The Bertz CT molecular complexity index is 1080. The number of hydrogen-bond acceptors (Lipinski definition) is 6. The van der Waals surface area contributed by atoms with Crippen molar-refractivity contribution in [3.8, 4) is 11.6 Å². The maximum Gasteiger partial charge on any atom is 0.404 e. The summed E-state index contributed by atoms with van der Waals surface area (Å²) in [6.45, 7) is 0.0986. The van der Waals surface area contributed by atoms with E-state index in [4.69, 9.17) is 9.84 Å². The Kier molecular flexibility index (Phi) is 5.59.